The maximum absolute atomic E-state index is 12.2. The van der Waals surface area contributed by atoms with Crippen molar-refractivity contribution in [3.05, 3.63) is 53.9 Å². The van der Waals surface area contributed by atoms with Crippen LogP contribution < -0.4 is 9.47 Å². The number of carbonyl (C=O) groups excluding carboxylic acids is 1. The molecule has 25 heavy (non-hydrogen) atoms. The Morgan fingerprint density at radius 3 is 2.68 bits per heavy atom. The molecular weight excluding hydrogens is 316 g/mol. The summed E-state index contributed by atoms with van der Waals surface area (Å²) in [5, 5.41) is 0. The van der Waals surface area contributed by atoms with E-state index in [-0.39, 0.29) is 12.5 Å². The van der Waals surface area contributed by atoms with Gasteiger partial charge in [-0.15, -0.1) is 0 Å². The Morgan fingerprint density at radius 2 is 2.00 bits per heavy atom. The minimum Gasteiger partial charge on any atom is -0.493 e. The molecule has 5 heteroatoms. The van der Waals surface area contributed by atoms with Gasteiger partial charge in [-0.3, -0.25) is 9.78 Å². The molecule has 1 aromatic carbocycles. The van der Waals surface area contributed by atoms with Gasteiger partial charge in [0.05, 0.1) is 7.11 Å². The van der Waals surface area contributed by atoms with Crippen LogP contribution in [0.1, 0.15) is 24.6 Å². The number of nitrogens with zero attached hydrogens (tertiary/aromatic N) is 2. The van der Waals surface area contributed by atoms with Gasteiger partial charge >= 0.3 is 0 Å². The number of carbonyl (C=O) groups is 1. The van der Waals surface area contributed by atoms with E-state index in [2.05, 4.69) is 11.9 Å². The zero-order valence-electron chi connectivity index (χ0n) is 15.2. The van der Waals surface area contributed by atoms with E-state index in [1.807, 2.05) is 36.4 Å². The molecule has 0 spiro atoms. The summed E-state index contributed by atoms with van der Waals surface area (Å²) >= 11 is 0. The zero-order valence-corrected chi connectivity index (χ0v) is 15.2. The molecule has 2 rings (SSSR count). The van der Waals surface area contributed by atoms with Gasteiger partial charge in [-0.2, -0.15) is 0 Å². The fourth-order valence-corrected chi connectivity index (χ4v) is 2.48. The van der Waals surface area contributed by atoms with Crippen LogP contribution in [0.3, 0.4) is 0 Å². The molecule has 0 atom stereocenters. The number of hydrogen-bond acceptors (Lipinski definition) is 4. The van der Waals surface area contributed by atoms with Crippen molar-refractivity contribution in [2.45, 2.75) is 26.2 Å². The molecule has 0 unspecified atom stereocenters. The lowest BCUT2D eigenvalue weighted by atomic mass is 10.1. The molecule has 0 aliphatic carbocycles. The van der Waals surface area contributed by atoms with Crippen LogP contribution in [0.25, 0.3) is 0 Å². The van der Waals surface area contributed by atoms with E-state index in [0.29, 0.717) is 18.0 Å². The molecule has 0 aliphatic heterocycles. The van der Waals surface area contributed by atoms with Crippen LogP contribution in [0, 0.1) is 0 Å². The number of likely N-dealkylation sites (N-methyl/N-ethyl adjacent to an activating group) is 1. The van der Waals surface area contributed by atoms with Crippen molar-refractivity contribution in [1.82, 2.24) is 9.88 Å². The van der Waals surface area contributed by atoms with E-state index in [1.165, 1.54) is 5.56 Å². The highest BCUT2D eigenvalue weighted by molar-refractivity contribution is 5.77. The number of rotatable bonds is 9. The maximum atomic E-state index is 12.2. The van der Waals surface area contributed by atoms with Gasteiger partial charge in [-0.05, 0) is 36.2 Å². The molecule has 2 aromatic rings. The lowest BCUT2D eigenvalue weighted by molar-refractivity contribution is -0.132. The molecule has 0 saturated heterocycles. The van der Waals surface area contributed by atoms with Gasteiger partial charge in [-0.1, -0.05) is 25.5 Å². The van der Waals surface area contributed by atoms with E-state index < -0.39 is 0 Å². The van der Waals surface area contributed by atoms with Crippen LogP contribution >= 0.6 is 0 Å². The lowest BCUT2D eigenvalue weighted by Gasteiger charge is -2.18. The summed E-state index contributed by atoms with van der Waals surface area (Å²) < 4.78 is 11.0. The van der Waals surface area contributed by atoms with Gasteiger partial charge in [0.25, 0.3) is 5.91 Å². The predicted molar refractivity (Wildman–Crippen MR) is 98.1 cm³/mol. The maximum Gasteiger partial charge on any atom is 0.260 e. The van der Waals surface area contributed by atoms with Crippen LogP contribution in [0.5, 0.6) is 11.5 Å². The Hall–Kier alpha value is -2.56. The van der Waals surface area contributed by atoms with Crippen molar-refractivity contribution in [2.75, 3.05) is 27.3 Å². The first-order chi connectivity index (χ1) is 12.1. The van der Waals surface area contributed by atoms with E-state index >= 15 is 0 Å². The van der Waals surface area contributed by atoms with Gasteiger partial charge in [-0.25, -0.2) is 0 Å². The van der Waals surface area contributed by atoms with Crippen molar-refractivity contribution in [1.29, 1.82) is 0 Å². The number of aromatic nitrogens is 1. The summed E-state index contributed by atoms with van der Waals surface area (Å²) in [5.41, 5.74) is 2.17. The van der Waals surface area contributed by atoms with Crippen molar-refractivity contribution in [2.24, 2.45) is 0 Å². The van der Waals surface area contributed by atoms with Gasteiger partial charge in [0.15, 0.2) is 18.1 Å². The third kappa shape index (κ3) is 5.78. The highest BCUT2D eigenvalue weighted by Crippen LogP contribution is 2.28. The predicted octanol–water partition coefficient (Wildman–Crippen LogP) is 3.12. The fourth-order valence-electron chi connectivity index (χ4n) is 2.48. The molecule has 0 bridgehead atoms. The second kappa shape index (κ2) is 9.67. The molecule has 5 nitrogen and oxygen atoms in total. The third-order valence-electron chi connectivity index (χ3n) is 3.97. The van der Waals surface area contributed by atoms with Crippen molar-refractivity contribution in [3.63, 3.8) is 0 Å². The average Bonchev–Trinajstić information content (AvgIpc) is 2.65. The fraction of sp³-hybridized carbons (Fsp3) is 0.400. The van der Waals surface area contributed by atoms with E-state index in [0.717, 1.165) is 25.0 Å². The smallest absolute Gasteiger partial charge is 0.260 e. The molecular formula is C20H26N2O3. The molecule has 0 radical (unpaired) electrons. The highest BCUT2D eigenvalue weighted by Gasteiger charge is 2.12. The monoisotopic (exact) mass is 342 g/mol. The molecule has 1 amide bonds. The van der Waals surface area contributed by atoms with E-state index in [1.54, 1.807) is 25.3 Å². The first-order valence-electron chi connectivity index (χ1n) is 8.57. The van der Waals surface area contributed by atoms with Crippen LogP contribution in [0.2, 0.25) is 0 Å². The van der Waals surface area contributed by atoms with Crippen molar-refractivity contribution < 1.29 is 14.3 Å². The Labute approximate surface area is 149 Å². The van der Waals surface area contributed by atoms with Gasteiger partial charge < -0.3 is 14.4 Å². The van der Waals surface area contributed by atoms with Crippen LogP contribution in [0.15, 0.2) is 42.6 Å². The Kier molecular flexibility index (Phi) is 7.26. The van der Waals surface area contributed by atoms with Crippen LogP contribution in [-0.2, 0) is 17.6 Å². The molecule has 0 saturated carbocycles. The number of ether oxygens (including phenoxy) is 2. The first kappa shape index (κ1) is 18.8. The summed E-state index contributed by atoms with van der Waals surface area (Å²) in [5.74, 6) is 1.18. The number of methoxy groups -OCH3 is 1. The lowest BCUT2D eigenvalue weighted by Crippen LogP contribution is -2.33. The summed E-state index contributed by atoms with van der Waals surface area (Å²) in [6, 6.07) is 11.6. The summed E-state index contributed by atoms with van der Waals surface area (Å²) in [6.07, 6.45) is 4.54. The number of aryl methyl sites for hydroxylation is 1. The summed E-state index contributed by atoms with van der Waals surface area (Å²) in [4.78, 5) is 18.2. The van der Waals surface area contributed by atoms with Gasteiger partial charge in [0.1, 0.15) is 0 Å². The van der Waals surface area contributed by atoms with Crippen LogP contribution in [0.4, 0.5) is 0 Å². The molecule has 0 fully saturated rings. The number of amides is 1. The zero-order chi connectivity index (χ0) is 18.1. The largest absolute Gasteiger partial charge is 0.493 e. The Morgan fingerprint density at radius 1 is 1.16 bits per heavy atom. The van der Waals surface area contributed by atoms with Gasteiger partial charge in [0.2, 0.25) is 0 Å². The molecule has 1 aromatic heterocycles. The Balaban J connectivity index is 1.86. The standard InChI is InChI=1S/C20H26N2O3/c1-4-7-16-9-10-18(19(14-16)24-3)25-15-20(23)22(2)13-11-17-8-5-6-12-21-17/h5-6,8-10,12,14H,4,7,11,13,15H2,1-3H3. The number of pyridine rings is 1. The Bertz CT molecular complexity index is 674. The number of hydrogen-bond donors (Lipinski definition) is 0. The van der Waals surface area contributed by atoms with E-state index in [4.69, 9.17) is 9.47 Å². The topological polar surface area (TPSA) is 51.7 Å². The molecule has 1 heterocycles. The molecule has 0 aliphatic rings. The minimum absolute atomic E-state index is 0.0117. The van der Waals surface area contributed by atoms with E-state index in [9.17, 15) is 4.79 Å². The first-order valence-corrected chi connectivity index (χ1v) is 8.57. The van der Waals surface area contributed by atoms with Crippen LogP contribution in [-0.4, -0.2) is 43.1 Å². The van der Waals surface area contributed by atoms with Crippen molar-refractivity contribution >= 4 is 5.91 Å². The summed E-state index contributed by atoms with van der Waals surface area (Å²) in [6.45, 7) is 2.73. The van der Waals surface area contributed by atoms with Crippen molar-refractivity contribution in [3.8, 4) is 11.5 Å². The normalized spacial score (nSPS) is 10.4. The molecule has 0 N–H and O–H groups in total. The second-order valence-electron chi connectivity index (χ2n) is 5.91. The number of benzene rings is 1. The second-order valence-corrected chi connectivity index (χ2v) is 5.91. The molecule has 134 valence electrons. The minimum atomic E-state index is -0.0735. The summed E-state index contributed by atoms with van der Waals surface area (Å²) in [7, 11) is 3.38. The average molecular weight is 342 g/mol. The van der Waals surface area contributed by atoms with Gasteiger partial charge in [0, 0.05) is 31.9 Å². The highest BCUT2D eigenvalue weighted by atomic mass is 16.5. The quantitative estimate of drug-likeness (QED) is 0.702. The third-order valence-corrected chi connectivity index (χ3v) is 3.97. The SMILES string of the molecule is CCCc1ccc(OCC(=O)N(C)CCc2ccccn2)c(OC)c1.